The van der Waals surface area contributed by atoms with Gasteiger partial charge in [-0.3, -0.25) is 4.79 Å². The second kappa shape index (κ2) is 7.66. The number of hydrogen-bond acceptors (Lipinski definition) is 2. The van der Waals surface area contributed by atoms with Gasteiger partial charge < -0.3 is 10.1 Å². The predicted molar refractivity (Wildman–Crippen MR) is 91.5 cm³/mol. The van der Waals surface area contributed by atoms with Gasteiger partial charge in [-0.15, -0.1) is 0 Å². The van der Waals surface area contributed by atoms with Crippen LogP contribution in [0.3, 0.4) is 0 Å². The van der Waals surface area contributed by atoms with Crippen LogP contribution in [-0.4, -0.2) is 12.5 Å². The summed E-state index contributed by atoms with van der Waals surface area (Å²) in [7, 11) is 0. The van der Waals surface area contributed by atoms with Crippen molar-refractivity contribution in [1.29, 1.82) is 0 Å². The van der Waals surface area contributed by atoms with Gasteiger partial charge in [0.25, 0.3) is 0 Å². The predicted octanol–water partition coefficient (Wildman–Crippen LogP) is 4.70. The van der Waals surface area contributed by atoms with Crippen molar-refractivity contribution in [3.63, 3.8) is 0 Å². The first-order chi connectivity index (χ1) is 10.6. The number of carbonyl (C=O) groups is 1. The molecule has 2 aromatic rings. The fraction of sp³-hybridized carbons (Fsp3) is 0.167. The molecule has 0 spiro atoms. The minimum atomic E-state index is -0.223. The Labute approximate surface area is 135 Å². The summed E-state index contributed by atoms with van der Waals surface area (Å²) in [5.41, 5.74) is 2.58. The molecule has 2 rings (SSSR count). The Morgan fingerprint density at radius 1 is 1.23 bits per heavy atom. The maximum Gasteiger partial charge on any atom is 0.248 e. The number of rotatable bonds is 5. The lowest BCUT2D eigenvalue weighted by Gasteiger charge is -2.05. The summed E-state index contributed by atoms with van der Waals surface area (Å²) in [6, 6.07) is 13.0. The number of nitrogens with one attached hydrogen (secondary N) is 1. The quantitative estimate of drug-likeness (QED) is 0.812. The summed E-state index contributed by atoms with van der Waals surface area (Å²) in [5.74, 6) is 0.593. The van der Waals surface area contributed by atoms with E-state index in [2.05, 4.69) is 5.32 Å². The molecule has 114 valence electrons. The highest BCUT2D eigenvalue weighted by Crippen LogP contribution is 2.22. The van der Waals surface area contributed by atoms with Gasteiger partial charge in [-0.1, -0.05) is 29.8 Å². The third-order valence-corrected chi connectivity index (χ3v) is 3.31. The van der Waals surface area contributed by atoms with Gasteiger partial charge in [0.1, 0.15) is 5.75 Å². The van der Waals surface area contributed by atoms with E-state index in [0.717, 1.165) is 16.9 Å². The third-order valence-electron chi connectivity index (χ3n) is 3.00. The zero-order chi connectivity index (χ0) is 15.9. The minimum absolute atomic E-state index is 0.223. The zero-order valence-corrected chi connectivity index (χ0v) is 13.4. The lowest BCUT2D eigenvalue weighted by molar-refractivity contribution is -0.111. The van der Waals surface area contributed by atoms with Gasteiger partial charge in [0.15, 0.2) is 0 Å². The molecule has 1 N–H and O–H groups in total. The molecule has 4 heteroatoms. The van der Waals surface area contributed by atoms with E-state index in [0.29, 0.717) is 17.3 Å². The molecule has 0 heterocycles. The molecule has 0 radical (unpaired) electrons. The smallest absolute Gasteiger partial charge is 0.248 e. The van der Waals surface area contributed by atoms with E-state index >= 15 is 0 Å². The Kier molecular flexibility index (Phi) is 5.61. The Bertz CT molecular complexity index is 678. The van der Waals surface area contributed by atoms with Crippen molar-refractivity contribution in [3.05, 3.63) is 64.7 Å². The standard InChI is InChI=1S/C18H18ClNO2/c1-3-22-15-8-5-14(6-9-15)7-11-18(21)20-17-10-4-13(2)12-16(17)19/h4-12H,3H2,1-2H3,(H,20,21)/b11-7+. The average Bonchev–Trinajstić information content (AvgIpc) is 2.50. The normalized spacial score (nSPS) is 10.7. The largest absolute Gasteiger partial charge is 0.494 e. The van der Waals surface area contributed by atoms with E-state index in [1.807, 2.05) is 50.2 Å². The molecule has 3 nitrogen and oxygen atoms in total. The molecule has 1 amide bonds. The molecule has 0 saturated carbocycles. The van der Waals surface area contributed by atoms with Gasteiger partial charge >= 0.3 is 0 Å². The molecule has 2 aromatic carbocycles. The van der Waals surface area contributed by atoms with Crippen LogP contribution >= 0.6 is 11.6 Å². The molecule has 0 aliphatic carbocycles. The molecule has 0 aliphatic rings. The lowest BCUT2D eigenvalue weighted by atomic mass is 10.2. The van der Waals surface area contributed by atoms with Gasteiger partial charge in [-0.05, 0) is 55.3 Å². The fourth-order valence-corrected chi connectivity index (χ4v) is 2.19. The van der Waals surface area contributed by atoms with E-state index in [-0.39, 0.29) is 5.91 Å². The van der Waals surface area contributed by atoms with Crippen molar-refractivity contribution in [2.75, 3.05) is 11.9 Å². The summed E-state index contributed by atoms with van der Waals surface area (Å²) >= 11 is 6.09. The van der Waals surface area contributed by atoms with Gasteiger partial charge in [0.05, 0.1) is 17.3 Å². The van der Waals surface area contributed by atoms with Crippen molar-refractivity contribution in [1.82, 2.24) is 0 Å². The van der Waals surface area contributed by atoms with E-state index < -0.39 is 0 Å². The zero-order valence-electron chi connectivity index (χ0n) is 12.6. The van der Waals surface area contributed by atoms with E-state index in [4.69, 9.17) is 16.3 Å². The average molecular weight is 316 g/mol. The summed E-state index contributed by atoms with van der Waals surface area (Å²) in [6.45, 7) is 4.52. The highest BCUT2D eigenvalue weighted by molar-refractivity contribution is 6.33. The number of carbonyl (C=O) groups excluding carboxylic acids is 1. The fourth-order valence-electron chi connectivity index (χ4n) is 1.91. The van der Waals surface area contributed by atoms with E-state index in [1.165, 1.54) is 6.08 Å². The second-order valence-corrected chi connectivity index (χ2v) is 5.22. The van der Waals surface area contributed by atoms with Crippen LogP contribution in [0.5, 0.6) is 5.75 Å². The maximum atomic E-state index is 11.9. The van der Waals surface area contributed by atoms with Gasteiger partial charge in [0, 0.05) is 6.08 Å². The lowest BCUT2D eigenvalue weighted by Crippen LogP contribution is -2.08. The second-order valence-electron chi connectivity index (χ2n) is 4.81. The van der Waals surface area contributed by atoms with Crippen molar-refractivity contribution < 1.29 is 9.53 Å². The molecule has 0 aliphatic heterocycles. The van der Waals surface area contributed by atoms with Crippen molar-refractivity contribution in [2.45, 2.75) is 13.8 Å². The molecule has 0 fully saturated rings. The molecular formula is C18H18ClNO2. The molecule has 0 atom stereocenters. The highest BCUT2D eigenvalue weighted by Gasteiger charge is 2.03. The summed E-state index contributed by atoms with van der Waals surface area (Å²) < 4.78 is 5.37. The summed E-state index contributed by atoms with van der Waals surface area (Å²) in [4.78, 5) is 11.9. The van der Waals surface area contributed by atoms with E-state index in [1.54, 1.807) is 12.1 Å². The summed E-state index contributed by atoms with van der Waals surface area (Å²) in [5, 5.41) is 3.29. The van der Waals surface area contributed by atoms with Crippen LogP contribution in [0, 0.1) is 6.92 Å². The first-order valence-electron chi connectivity index (χ1n) is 7.06. The number of amides is 1. The van der Waals surface area contributed by atoms with Crippen LogP contribution in [0.2, 0.25) is 5.02 Å². The Hall–Kier alpha value is -2.26. The first-order valence-corrected chi connectivity index (χ1v) is 7.44. The Morgan fingerprint density at radius 3 is 2.59 bits per heavy atom. The van der Waals surface area contributed by atoms with Crippen LogP contribution in [0.25, 0.3) is 6.08 Å². The van der Waals surface area contributed by atoms with Crippen LogP contribution in [-0.2, 0) is 4.79 Å². The number of hydrogen-bond donors (Lipinski definition) is 1. The molecule has 0 unspecified atom stereocenters. The van der Waals surface area contributed by atoms with Crippen LogP contribution in [0.15, 0.2) is 48.5 Å². The van der Waals surface area contributed by atoms with Crippen molar-refractivity contribution >= 4 is 29.3 Å². The number of aryl methyl sites for hydroxylation is 1. The van der Waals surface area contributed by atoms with Crippen LogP contribution < -0.4 is 10.1 Å². The molecular weight excluding hydrogens is 298 g/mol. The van der Waals surface area contributed by atoms with E-state index in [9.17, 15) is 4.79 Å². The monoisotopic (exact) mass is 315 g/mol. The SMILES string of the molecule is CCOc1ccc(/C=C/C(=O)Nc2ccc(C)cc2Cl)cc1. The number of halogens is 1. The van der Waals surface area contributed by atoms with Crippen LogP contribution in [0.1, 0.15) is 18.1 Å². The minimum Gasteiger partial charge on any atom is -0.494 e. The van der Waals surface area contributed by atoms with Crippen molar-refractivity contribution in [3.8, 4) is 5.75 Å². The van der Waals surface area contributed by atoms with Crippen LogP contribution in [0.4, 0.5) is 5.69 Å². The van der Waals surface area contributed by atoms with Gasteiger partial charge in [-0.2, -0.15) is 0 Å². The highest BCUT2D eigenvalue weighted by atomic mass is 35.5. The molecule has 0 saturated heterocycles. The third kappa shape index (κ3) is 4.64. The summed E-state index contributed by atoms with van der Waals surface area (Å²) in [6.07, 6.45) is 3.22. The topological polar surface area (TPSA) is 38.3 Å². The van der Waals surface area contributed by atoms with Gasteiger partial charge in [-0.25, -0.2) is 0 Å². The first kappa shape index (κ1) is 16.1. The number of ether oxygens (including phenoxy) is 1. The Morgan fingerprint density at radius 2 is 1.95 bits per heavy atom. The number of benzene rings is 2. The maximum absolute atomic E-state index is 11.9. The van der Waals surface area contributed by atoms with Gasteiger partial charge in [0.2, 0.25) is 5.91 Å². The molecule has 0 aromatic heterocycles. The number of anilines is 1. The Balaban J connectivity index is 1.98. The molecule has 0 bridgehead atoms. The van der Waals surface area contributed by atoms with Crippen molar-refractivity contribution in [2.24, 2.45) is 0 Å². The molecule has 22 heavy (non-hydrogen) atoms.